The summed E-state index contributed by atoms with van der Waals surface area (Å²) >= 11 is 0. The van der Waals surface area contributed by atoms with Gasteiger partial charge in [-0.3, -0.25) is 0 Å². The predicted molar refractivity (Wildman–Crippen MR) is 91.6 cm³/mol. The molecule has 1 aliphatic rings. The van der Waals surface area contributed by atoms with Crippen LogP contribution in [0.5, 0.6) is 5.75 Å². The molecule has 0 aliphatic heterocycles. The van der Waals surface area contributed by atoms with Crippen LogP contribution in [0.1, 0.15) is 29.5 Å². The third kappa shape index (κ3) is 4.35. The summed E-state index contributed by atoms with van der Waals surface area (Å²) in [6.45, 7) is 2.62. The molecule has 2 aromatic carbocycles. The first kappa shape index (κ1) is 15.1. The van der Waals surface area contributed by atoms with Crippen molar-refractivity contribution in [1.29, 1.82) is 0 Å². The van der Waals surface area contributed by atoms with Gasteiger partial charge in [-0.2, -0.15) is 0 Å². The maximum atomic E-state index is 5.86. The Hall–Kier alpha value is -1.80. The number of rotatable bonds is 7. The quantitative estimate of drug-likeness (QED) is 0.785. The maximum absolute atomic E-state index is 5.86. The lowest BCUT2D eigenvalue weighted by Gasteiger charge is -2.16. The van der Waals surface area contributed by atoms with Gasteiger partial charge in [-0.1, -0.05) is 36.4 Å². The van der Waals surface area contributed by atoms with Crippen LogP contribution in [0, 0.1) is 0 Å². The molecule has 22 heavy (non-hydrogen) atoms. The highest BCUT2D eigenvalue weighted by Gasteiger charge is 2.09. The molecule has 0 amide bonds. The molecular formula is C20H25NO. The second-order valence-electron chi connectivity index (χ2n) is 5.97. The molecule has 0 unspecified atom stereocenters. The van der Waals surface area contributed by atoms with Crippen molar-refractivity contribution in [2.45, 2.75) is 32.1 Å². The topological polar surface area (TPSA) is 21.3 Å². The van der Waals surface area contributed by atoms with E-state index in [4.69, 9.17) is 4.74 Å². The van der Waals surface area contributed by atoms with E-state index >= 15 is 0 Å². The zero-order valence-electron chi connectivity index (χ0n) is 13.2. The Morgan fingerprint density at radius 3 is 2.55 bits per heavy atom. The van der Waals surface area contributed by atoms with Gasteiger partial charge in [-0.05, 0) is 67.5 Å². The van der Waals surface area contributed by atoms with Gasteiger partial charge in [0.25, 0.3) is 0 Å². The van der Waals surface area contributed by atoms with Crippen molar-refractivity contribution in [2.75, 3.05) is 19.7 Å². The predicted octanol–water partition coefficient (Wildman–Crippen LogP) is 3.78. The normalized spacial score (nSPS) is 13.6. The minimum Gasteiger partial charge on any atom is -0.492 e. The number of nitrogens with one attached hydrogen (secondary N) is 1. The maximum Gasteiger partial charge on any atom is 0.119 e. The van der Waals surface area contributed by atoms with Crippen LogP contribution < -0.4 is 10.1 Å². The summed E-state index contributed by atoms with van der Waals surface area (Å²) in [6.07, 6.45) is 6.16. The van der Waals surface area contributed by atoms with Gasteiger partial charge in [-0.25, -0.2) is 0 Å². The van der Waals surface area contributed by atoms with E-state index in [1.54, 1.807) is 0 Å². The zero-order valence-corrected chi connectivity index (χ0v) is 13.2. The highest BCUT2D eigenvalue weighted by atomic mass is 16.5. The summed E-state index contributed by atoms with van der Waals surface area (Å²) < 4.78 is 5.86. The molecule has 0 saturated carbocycles. The highest BCUT2D eigenvalue weighted by molar-refractivity contribution is 5.37. The van der Waals surface area contributed by atoms with E-state index in [1.165, 1.54) is 42.4 Å². The van der Waals surface area contributed by atoms with Gasteiger partial charge in [0, 0.05) is 6.54 Å². The number of hydrogen-bond acceptors (Lipinski definition) is 2. The molecule has 0 atom stereocenters. The van der Waals surface area contributed by atoms with Gasteiger partial charge >= 0.3 is 0 Å². The first-order chi connectivity index (χ1) is 10.9. The van der Waals surface area contributed by atoms with E-state index in [2.05, 4.69) is 53.8 Å². The molecule has 1 N–H and O–H groups in total. The summed E-state index contributed by atoms with van der Waals surface area (Å²) in [5, 5.41) is 3.44. The van der Waals surface area contributed by atoms with Crippen molar-refractivity contribution < 1.29 is 4.74 Å². The smallest absolute Gasteiger partial charge is 0.119 e. The Morgan fingerprint density at radius 1 is 0.864 bits per heavy atom. The van der Waals surface area contributed by atoms with E-state index in [1.807, 2.05) is 0 Å². The van der Waals surface area contributed by atoms with Crippen LogP contribution in [0.3, 0.4) is 0 Å². The standard InChI is InChI=1S/C20H25NO/c1-2-6-17(7-3-1)12-13-21-14-15-22-20-11-10-18-8-4-5-9-19(18)16-20/h1-3,6-7,10-11,16,21H,4-5,8-9,12-15H2. The van der Waals surface area contributed by atoms with Gasteiger partial charge in [0.2, 0.25) is 0 Å². The molecule has 0 bridgehead atoms. The summed E-state index contributed by atoms with van der Waals surface area (Å²) in [5.74, 6) is 1.02. The van der Waals surface area contributed by atoms with E-state index in [0.29, 0.717) is 0 Å². The van der Waals surface area contributed by atoms with E-state index in [0.717, 1.165) is 31.9 Å². The molecule has 3 rings (SSSR count). The van der Waals surface area contributed by atoms with Crippen molar-refractivity contribution in [3.05, 3.63) is 65.2 Å². The molecule has 2 aromatic rings. The van der Waals surface area contributed by atoms with Crippen molar-refractivity contribution in [3.8, 4) is 5.75 Å². The number of ether oxygens (including phenoxy) is 1. The van der Waals surface area contributed by atoms with Gasteiger partial charge in [0.15, 0.2) is 0 Å². The minimum atomic E-state index is 0.730. The third-order valence-electron chi connectivity index (χ3n) is 4.30. The van der Waals surface area contributed by atoms with Crippen molar-refractivity contribution in [3.63, 3.8) is 0 Å². The average molecular weight is 295 g/mol. The van der Waals surface area contributed by atoms with Crippen molar-refractivity contribution in [1.82, 2.24) is 5.32 Å². The molecule has 0 heterocycles. The Kier molecular flexibility index (Phi) is 5.49. The number of aryl methyl sites for hydroxylation is 2. The lowest BCUT2D eigenvalue weighted by Crippen LogP contribution is -2.23. The number of hydrogen-bond donors (Lipinski definition) is 1. The Morgan fingerprint density at radius 2 is 1.68 bits per heavy atom. The average Bonchev–Trinajstić information content (AvgIpc) is 2.59. The van der Waals surface area contributed by atoms with Crippen LogP contribution in [-0.4, -0.2) is 19.7 Å². The van der Waals surface area contributed by atoms with Crippen LogP contribution in [0.25, 0.3) is 0 Å². The SMILES string of the molecule is c1ccc(CCNCCOc2ccc3c(c2)CCCC3)cc1. The zero-order chi connectivity index (χ0) is 15.0. The van der Waals surface area contributed by atoms with Gasteiger partial charge < -0.3 is 10.1 Å². The number of benzene rings is 2. The first-order valence-electron chi connectivity index (χ1n) is 8.41. The Balaban J connectivity index is 1.35. The van der Waals surface area contributed by atoms with E-state index in [9.17, 15) is 0 Å². The summed E-state index contributed by atoms with van der Waals surface area (Å²) in [7, 11) is 0. The first-order valence-corrected chi connectivity index (χ1v) is 8.41. The molecule has 0 aromatic heterocycles. The second kappa shape index (κ2) is 8.00. The van der Waals surface area contributed by atoms with Crippen LogP contribution in [0.4, 0.5) is 0 Å². The van der Waals surface area contributed by atoms with Gasteiger partial charge in [0.05, 0.1) is 0 Å². The van der Waals surface area contributed by atoms with E-state index < -0.39 is 0 Å². The largest absolute Gasteiger partial charge is 0.492 e. The minimum absolute atomic E-state index is 0.730. The molecule has 0 fully saturated rings. The number of fused-ring (bicyclic) bond motifs is 1. The van der Waals surface area contributed by atoms with Gasteiger partial charge in [-0.15, -0.1) is 0 Å². The van der Waals surface area contributed by atoms with Crippen molar-refractivity contribution in [2.24, 2.45) is 0 Å². The molecule has 0 spiro atoms. The molecule has 2 heteroatoms. The molecular weight excluding hydrogens is 270 g/mol. The molecule has 0 radical (unpaired) electrons. The fraction of sp³-hybridized carbons (Fsp3) is 0.400. The fourth-order valence-electron chi connectivity index (χ4n) is 3.04. The highest BCUT2D eigenvalue weighted by Crippen LogP contribution is 2.25. The fourth-order valence-corrected chi connectivity index (χ4v) is 3.04. The van der Waals surface area contributed by atoms with E-state index in [-0.39, 0.29) is 0 Å². The molecule has 116 valence electrons. The monoisotopic (exact) mass is 295 g/mol. The summed E-state index contributed by atoms with van der Waals surface area (Å²) in [4.78, 5) is 0. The second-order valence-corrected chi connectivity index (χ2v) is 5.97. The third-order valence-corrected chi connectivity index (χ3v) is 4.30. The lowest BCUT2D eigenvalue weighted by atomic mass is 9.92. The summed E-state index contributed by atoms with van der Waals surface area (Å²) in [5.41, 5.74) is 4.38. The van der Waals surface area contributed by atoms with Gasteiger partial charge in [0.1, 0.15) is 12.4 Å². The van der Waals surface area contributed by atoms with Crippen molar-refractivity contribution >= 4 is 0 Å². The van der Waals surface area contributed by atoms with Crippen LogP contribution >= 0.6 is 0 Å². The van der Waals surface area contributed by atoms with Crippen LogP contribution in [0.2, 0.25) is 0 Å². The Labute approximate surface area is 133 Å². The molecule has 2 nitrogen and oxygen atoms in total. The molecule has 0 saturated heterocycles. The molecule has 1 aliphatic carbocycles. The van der Waals surface area contributed by atoms with Crippen LogP contribution in [0.15, 0.2) is 48.5 Å². The Bertz CT molecular complexity index is 580. The lowest BCUT2D eigenvalue weighted by molar-refractivity contribution is 0.314. The summed E-state index contributed by atoms with van der Waals surface area (Å²) in [6, 6.07) is 17.2. The van der Waals surface area contributed by atoms with Crippen LogP contribution in [-0.2, 0) is 19.3 Å².